The number of aromatic carboxylic acids is 1. The maximum Gasteiger partial charge on any atom is 0.337 e. The van der Waals surface area contributed by atoms with Crippen LogP contribution in [0.2, 0.25) is 5.02 Å². The molecule has 2 heterocycles. The molecule has 0 aliphatic heterocycles. The largest absolute Gasteiger partial charge is 0.478 e. The SMILES string of the molecule is Cc1cccc(Cl)c1C(=O)n1nc(Br)c2ncc(C(=O)O)cc21. The van der Waals surface area contributed by atoms with Crippen LogP contribution >= 0.6 is 27.5 Å². The first-order chi connectivity index (χ1) is 10.9. The van der Waals surface area contributed by atoms with Crippen LogP contribution in [0, 0.1) is 6.92 Å². The van der Waals surface area contributed by atoms with Crippen LogP contribution in [-0.2, 0) is 0 Å². The smallest absolute Gasteiger partial charge is 0.337 e. The van der Waals surface area contributed by atoms with Crippen molar-refractivity contribution < 1.29 is 14.7 Å². The van der Waals surface area contributed by atoms with Crippen LogP contribution in [-0.4, -0.2) is 31.7 Å². The fourth-order valence-corrected chi connectivity index (χ4v) is 3.01. The van der Waals surface area contributed by atoms with Gasteiger partial charge in [0.2, 0.25) is 0 Å². The van der Waals surface area contributed by atoms with Crippen LogP contribution in [0.3, 0.4) is 0 Å². The molecule has 8 heteroatoms. The molecule has 2 aromatic heterocycles. The van der Waals surface area contributed by atoms with E-state index < -0.39 is 11.9 Å². The van der Waals surface area contributed by atoms with Gasteiger partial charge in [0.05, 0.1) is 21.7 Å². The number of carbonyl (C=O) groups is 2. The monoisotopic (exact) mass is 393 g/mol. The molecule has 116 valence electrons. The molecule has 1 aromatic carbocycles. The van der Waals surface area contributed by atoms with E-state index in [1.54, 1.807) is 25.1 Å². The number of fused-ring (bicyclic) bond motifs is 1. The lowest BCUT2D eigenvalue weighted by molar-refractivity contribution is 0.0696. The molecule has 1 N–H and O–H groups in total. The van der Waals surface area contributed by atoms with E-state index in [1.165, 1.54) is 12.3 Å². The Bertz CT molecular complexity index is 948. The molecule has 0 spiro atoms. The number of halogens is 2. The number of pyridine rings is 1. The van der Waals surface area contributed by atoms with Crippen LogP contribution < -0.4 is 0 Å². The molecule has 0 atom stereocenters. The molecular weight excluding hydrogens is 386 g/mol. The molecule has 6 nitrogen and oxygen atoms in total. The average molecular weight is 395 g/mol. The number of benzene rings is 1. The molecule has 0 saturated heterocycles. The van der Waals surface area contributed by atoms with Gasteiger partial charge in [0.15, 0.2) is 4.60 Å². The summed E-state index contributed by atoms with van der Waals surface area (Å²) in [5.74, 6) is -1.59. The lowest BCUT2D eigenvalue weighted by atomic mass is 10.1. The van der Waals surface area contributed by atoms with Gasteiger partial charge in [0, 0.05) is 6.20 Å². The minimum Gasteiger partial charge on any atom is -0.478 e. The van der Waals surface area contributed by atoms with Crippen molar-refractivity contribution in [1.29, 1.82) is 0 Å². The normalized spacial score (nSPS) is 10.9. The maximum atomic E-state index is 12.8. The summed E-state index contributed by atoms with van der Waals surface area (Å²) in [4.78, 5) is 28.0. The zero-order valence-electron chi connectivity index (χ0n) is 11.7. The Morgan fingerprint density at radius 1 is 1.35 bits per heavy atom. The topological polar surface area (TPSA) is 85.1 Å². The highest BCUT2D eigenvalue weighted by Gasteiger charge is 2.21. The first-order valence-electron chi connectivity index (χ1n) is 6.47. The summed E-state index contributed by atoms with van der Waals surface area (Å²) in [6, 6.07) is 6.48. The van der Waals surface area contributed by atoms with E-state index in [9.17, 15) is 9.59 Å². The number of aryl methyl sites for hydroxylation is 1. The highest BCUT2D eigenvalue weighted by atomic mass is 79.9. The minimum atomic E-state index is -1.13. The molecule has 0 amide bonds. The van der Waals surface area contributed by atoms with Gasteiger partial charge in [-0.25, -0.2) is 4.79 Å². The standard InChI is InChI=1S/C15H9BrClN3O3/c1-7-3-2-4-9(17)11(7)14(21)20-10-5-8(15(22)23)6-18-12(10)13(16)19-20/h2-6H,1H3,(H,22,23). The van der Waals surface area contributed by atoms with Crippen molar-refractivity contribution in [3.8, 4) is 0 Å². The number of hydrogen-bond acceptors (Lipinski definition) is 4. The zero-order valence-corrected chi connectivity index (χ0v) is 14.1. The van der Waals surface area contributed by atoms with E-state index in [-0.39, 0.29) is 5.56 Å². The molecule has 0 fully saturated rings. The number of carboxylic acid groups (broad SMARTS) is 1. The molecule has 0 aliphatic carbocycles. The van der Waals surface area contributed by atoms with Crippen molar-refractivity contribution in [2.24, 2.45) is 0 Å². The average Bonchev–Trinajstić information content (AvgIpc) is 2.83. The molecule has 0 bridgehead atoms. The Balaban J connectivity index is 2.25. The van der Waals surface area contributed by atoms with Gasteiger partial charge in [-0.3, -0.25) is 9.78 Å². The second-order valence-corrected chi connectivity index (χ2v) is 5.99. The lowest BCUT2D eigenvalue weighted by Gasteiger charge is -2.07. The summed E-state index contributed by atoms with van der Waals surface area (Å²) in [5, 5.41) is 13.5. The predicted octanol–water partition coefficient (Wildman–Crippen LogP) is 3.54. The summed E-state index contributed by atoms with van der Waals surface area (Å²) in [6.07, 6.45) is 1.21. The Kier molecular flexibility index (Phi) is 3.91. The molecule has 0 aliphatic rings. The van der Waals surface area contributed by atoms with Gasteiger partial charge >= 0.3 is 5.97 Å². The quantitative estimate of drug-likeness (QED) is 0.718. The van der Waals surface area contributed by atoms with Gasteiger partial charge in [-0.1, -0.05) is 23.7 Å². The van der Waals surface area contributed by atoms with Crippen molar-refractivity contribution in [2.45, 2.75) is 6.92 Å². The highest BCUT2D eigenvalue weighted by Crippen LogP contribution is 2.26. The Morgan fingerprint density at radius 2 is 2.09 bits per heavy atom. The van der Waals surface area contributed by atoms with E-state index in [0.29, 0.717) is 31.8 Å². The first kappa shape index (κ1) is 15.6. The Labute approximate surface area is 143 Å². The molecule has 3 aromatic rings. The van der Waals surface area contributed by atoms with E-state index >= 15 is 0 Å². The van der Waals surface area contributed by atoms with E-state index in [1.807, 2.05) is 0 Å². The van der Waals surface area contributed by atoms with Crippen molar-refractivity contribution in [2.75, 3.05) is 0 Å². The number of carbonyl (C=O) groups excluding carboxylic acids is 1. The summed E-state index contributed by atoms with van der Waals surface area (Å²) in [6.45, 7) is 1.76. The fraction of sp³-hybridized carbons (Fsp3) is 0.0667. The lowest BCUT2D eigenvalue weighted by Crippen LogP contribution is -2.15. The van der Waals surface area contributed by atoms with Crippen LogP contribution in [0.4, 0.5) is 0 Å². The summed E-state index contributed by atoms with van der Waals surface area (Å²) in [5.41, 5.74) is 1.67. The molecule has 23 heavy (non-hydrogen) atoms. The van der Waals surface area contributed by atoms with Crippen molar-refractivity contribution in [1.82, 2.24) is 14.8 Å². The summed E-state index contributed by atoms with van der Waals surface area (Å²) >= 11 is 9.36. The zero-order chi connectivity index (χ0) is 16.7. The molecular formula is C15H9BrClN3O3. The van der Waals surface area contributed by atoms with Crippen molar-refractivity contribution >= 4 is 50.4 Å². The van der Waals surface area contributed by atoms with Gasteiger partial charge in [0.1, 0.15) is 5.52 Å². The number of nitrogens with zero attached hydrogens (tertiary/aromatic N) is 3. The molecule has 0 saturated carbocycles. The highest BCUT2D eigenvalue weighted by molar-refractivity contribution is 9.10. The Hall–Kier alpha value is -2.25. The third kappa shape index (κ3) is 2.62. The predicted molar refractivity (Wildman–Crippen MR) is 88.1 cm³/mol. The van der Waals surface area contributed by atoms with Gasteiger partial charge < -0.3 is 5.11 Å². The third-order valence-corrected chi connectivity index (χ3v) is 4.20. The number of carboxylic acids is 1. The van der Waals surface area contributed by atoms with Gasteiger partial charge in [-0.05, 0) is 40.5 Å². The van der Waals surface area contributed by atoms with E-state index in [2.05, 4.69) is 26.0 Å². The number of aromatic nitrogens is 3. The third-order valence-electron chi connectivity index (χ3n) is 3.35. The Morgan fingerprint density at radius 3 is 2.74 bits per heavy atom. The van der Waals surface area contributed by atoms with E-state index in [0.717, 1.165) is 4.68 Å². The van der Waals surface area contributed by atoms with Crippen LogP contribution in [0.1, 0.15) is 26.3 Å². The van der Waals surface area contributed by atoms with Crippen LogP contribution in [0.15, 0.2) is 35.1 Å². The van der Waals surface area contributed by atoms with E-state index in [4.69, 9.17) is 16.7 Å². The number of rotatable bonds is 2. The number of hydrogen-bond donors (Lipinski definition) is 1. The molecule has 0 radical (unpaired) electrons. The summed E-state index contributed by atoms with van der Waals surface area (Å²) in [7, 11) is 0. The van der Waals surface area contributed by atoms with Crippen LogP contribution in [0.5, 0.6) is 0 Å². The minimum absolute atomic E-state index is 0.0326. The second-order valence-electron chi connectivity index (χ2n) is 4.84. The van der Waals surface area contributed by atoms with Gasteiger partial charge in [-0.15, -0.1) is 0 Å². The summed E-state index contributed by atoms with van der Waals surface area (Å²) < 4.78 is 1.45. The van der Waals surface area contributed by atoms with Gasteiger partial charge in [-0.2, -0.15) is 9.78 Å². The van der Waals surface area contributed by atoms with Gasteiger partial charge in [0.25, 0.3) is 5.91 Å². The molecule has 3 rings (SSSR count). The van der Waals surface area contributed by atoms with Crippen molar-refractivity contribution in [3.05, 3.63) is 56.8 Å². The van der Waals surface area contributed by atoms with Crippen LogP contribution in [0.25, 0.3) is 11.0 Å². The first-order valence-corrected chi connectivity index (χ1v) is 7.64. The second kappa shape index (κ2) is 5.75. The fourth-order valence-electron chi connectivity index (χ4n) is 2.24. The maximum absolute atomic E-state index is 12.8. The van der Waals surface area contributed by atoms with Crippen molar-refractivity contribution in [3.63, 3.8) is 0 Å². The molecule has 0 unspecified atom stereocenters.